The molecule has 2 rings (SSSR count). The second-order valence-corrected chi connectivity index (χ2v) is 8.73. The molecule has 0 aromatic heterocycles. The van der Waals surface area contributed by atoms with E-state index in [0.717, 1.165) is 41.8 Å². The molecule has 160 valence electrons. The van der Waals surface area contributed by atoms with Crippen LogP contribution >= 0.6 is 12.0 Å². The summed E-state index contributed by atoms with van der Waals surface area (Å²) >= 11 is 0.863. The van der Waals surface area contributed by atoms with Gasteiger partial charge in [-0.3, -0.25) is 4.55 Å². The van der Waals surface area contributed by atoms with E-state index in [9.17, 15) is 8.42 Å². The van der Waals surface area contributed by atoms with E-state index in [2.05, 4.69) is 16.3 Å². The van der Waals surface area contributed by atoms with Crippen LogP contribution in [0.5, 0.6) is 11.5 Å². The number of hydrogen-bond acceptors (Lipinski definition) is 7. The van der Waals surface area contributed by atoms with Crippen LogP contribution in [-0.2, 0) is 25.9 Å². The monoisotopic (exact) mass is 442 g/mol. The van der Waals surface area contributed by atoms with E-state index in [0.29, 0.717) is 5.75 Å². The van der Waals surface area contributed by atoms with Crippen molar-refractivity contribution in [3.63, 3.8) is 0 Å². The molecule has 0 radical (unpaired) electrons. The fraction of sp³-hybridized carbons (Fsp3) is 0.400. The quantitative estimate of drug-likeness (QED) is 0.127. The highest BCUT2D eigenvalue weighted by molar-refractivity contribution is 7.94. The summed E-state index contributed by atoms with van der Waals surface area (Å²) in [5, 5.41) is 12.2. The molecule has 2 aromatic rings. The Morgan fingerprint density at radius 2 is 1.69 bits per heavy atom. The largest absolute Gasteiger partial charge is 0.457 e. The molecule has 0 unspecified atom stereocenters. The number of benzene rings is 2. The van der Waals surface area contributed by atoms with Crippen molar-refractivity contribution < 1.29 is 32.3 Å². The first-order chi connectivity index (χ1) is 13.9. The standard InChI is InChI=1S/C20H26O7S2/c1-2-3-4-5-6-7-9-16-12-13-18(15-20(16)28-27-26-21)25-17-10-8-11-19(14-17)29(22,23)24/h8,10-15,21H,2-7,9H2,1H3,(H,22,23,24). The highest BCUT2D eigenvalue weighted by Gasteiger charge is 2.12. The van der Waals surface area contributed by atoms with Gasteiger partial charge in [0.2, 0.25) is 0 Å². The van der Waals surface area contributed by atoms with Crippen LogP contribution in [0, 0.1) is 0 Å². The molecule has 7 nitrogen and oxygen atoms in total. The van der Waals surface area contributed by atoms with Gasteiger partial charge < -0.3 is 4.74 Å². The maximum absolute atomic E-state index is 11.3. The summed E-state index contributed by atoms with van der Waals surface area (Å²) in [5.74, 6) is 0.715. The number of unbranched alkanes of at least 4 members (excludes halogenated alkanes) is 5. The lowest BCUT2D eigenvalue weighted by molar-refractivity contribution is -0.432. The first kappa shape index (κ1) is 23.7. The van der Waals surface area contributed by atoms with E-state index in [1.54, 1.807) is 18.2 Å². The molecule has 0 atom stereocenters. The Hall–Kier alpha value is -1.62. The summed E-state index contributed by atoms with van der Waals surface area (Å²) < 4.78 is 42.0. The molecule has 9 heteroatoms. The fourth-order valence-corrected chi connectivity index (χ4v) is 3.93. The van der Waals surface area contributed by atoms with Crippen LogP contribution in [0.1, 0.15) is 51.0 Å². The van der Waals surface area contributed by atoms with Crippen LogP contribution in [0.15, 0.2) is 52.3 Å². The molecule has 0 bridgehead atoms. The van der Waals surface area contributed by atoms with E-state index in [1.165, 1.54) is 43.9 Å². The Bertz CT molecular complexity index is 869. The predicted octanol–water partition coefficient (Wildman–Crippen LogP) is 6.06. The Morgan fingerprint density at radius 3 is 2.41 bits per heavy atom. The van der Waals surface area contributed by atoms with Crippen molar-refractivity contribution in [2.24, 2.45) is 0 Å². The molecule has 0 fully saturated rings. The molecule has 0 aliphatic carbocycles. The van der Waals surface area contributed by atoms with Crippen molar-refractivity contribution in [2.75, 3.05) is 0 Å². The molecule has 29 heavy (non-hydrogen) atoms. The van der Waals surface area contributed by atoms with Crippen molar-refractivity contribution in [1.82, 2.24) is 0 Å². The van der Waals surface area contributed by atoms with Crippen molar-refractivity contribution in [3.05, 3.63) is 48.0 Å². The maximum atomic E-state index is 11.3. The molecular weight excluding hydrogens is 416 g/mol. The van der Waals surface area contributed by atoms with E-state index < -0.39 is 10.1 Å². The highest BCUT2D eigenvalue weighted by atomic mass is 32.2. The SMILES string of the molecule is CCCCCCCCc1ccc(Oc2cccc(S(=O)(=O)O)c2)cc1SOOO. The van der Waals surface area contributed by atoms with E-state index in [-0.39, 0.29) is 10.6 Å². The smallest absolute Gasteiger partial charge is 0.294 e. The van der Waals surface area contributed by atoms with Crippen LogP contribution in [0.25, 0.3) is 0 Å². The van der Waals surface area contributed by atoms with Gasteiger partial charge in [0.15, 0.2) is 0 Å². The maximum Gasteiger partial charge on any atom is 0.294 e. The first-order valence-electron chi connectivity index (χ1n) is 9.47. The summed E-state index contributed by atoms with van der Waals surface area (Å²) in [5.41, 5.74) is 1.03. The summed E-state index contributed by atoms with van der Waals surface area (Å²) in [6.07, 6.45) is 7.95. The second-order valence-electron chi connectivity index (χ2n) is 6.57. The first-order valence-corrected chi connectivity index (χ1v) is 11.7. The third-order valence-corrected chi connectivity index (χ3v) is 5.87. The third kappa shape index (κ3) is 8.33. The topological polar surface area (TPSA) is 102 Å². The van der Waals surface area contributed by atoms with Crippen molar-refractivity contribution in [2.45, 2.75) is 61.7 Å². The normalized spacial score (nSPS) is 11.6. The molecule has 0 saturated carbocycles. The van der Waals surface area contributed by atoms with Gasteiger partial charge in [-0.2, -0.15) is 8.42 Å². The lowest BCUT2D eigenvalue weighted by Crippen LogP contribution is -1.98. The van der Waals surface area contributed by atoms with Gasteiger partial charge in [-0.05, 0) is 42.7 Å². The van der Waals surface area contributed by atoms with Crippen molar-refractivity contribution in [1.29, 1.82) is 0 Å². The van der Waals surface area contributed by atoms with Gasteiger partial charge in [-0.1, -0.05) is 56.2 Å². The zero-order chi connectivity index (χ0) is 21.1. The van der Waals surface area contributed by atoms with Gasteiger partial charge >= 0.3 is 0 Å². The average Bonchev–Trinajstić information content (AvgIpc) is 2.69. The predicted molar refractivity (Wildman–Crippen MR) is 111 cm³/mol. The van der Waals surface area contributed by atoms with Crippen molar-refractivity contribution in [3.8, 4) is 11.5 Å². The van der Waals surface area contributed by atoms with Gasteiger partial charge in [-0.25, -0.2) is 5.26 Å². The third-order valence-electron chi connectivity index (χ3n) is 4.33. The molecule has 0 saturated heterocycles. The summed E-state index contributed by atoms with van der Waals surface area (Å²) in [6.45, 7) is 2.19. The number of hydrogen-bond donors (Lipinski definition) is 2. The number of aryl methyl sites for hydroxylation is 1. The average molecular weight is 443 g/mol. The van der Waals surface area contributed by atoms with Crippen LogP contribution in [-0.4, -0.2) is 18.2 Å². The molecule has 2 aromatic carbocycles. The lowest BCUT2D eigenvalue weighted by Gasteiger charge is -2.12. The zero-order valence-corrected chi connectivity index (χ0v) is 17.9. The minimum absolute atomic E-state index is 0.249. The van der Waals surface area contributed by atoms with Gasteiger partial charge in [-0.15, -0.1) is 4.33 Å². The zero-order valence-electron chi connectivity index (χ0n) is 16.2. The minimum Gasteiger partial charge on any atom is -0.457 e. The van der Waals surface area contributed by atoms with Crippen LogP contribution < -0.4 is 4.74 Å². The molecule has 2 N–H and O–H groups in total. The molecular formula is C20H26O7S2. The Labute approximate surface area is 175 Å². The van der Waals surface area contributed by atoms with Gasteiger partial charge in [0.25, 0.3) is 10.1 Å². The fourth-order valence-electron chi connectivity index (χ4n) is 2.86. The van der Waals surface area contributed by atoms with E-state index >= 15 is 0 Å². The number of rotatable bonds is 13. The van der Waals surface area contributed by atoms with Crippen LogP contribution in [0.2, 0.25) is 0 Å². The molecule has 0 spiro atoms. The van der Waals surface area contributed by atoms with Gasteiger partial charge in [0.05, 0.1) is 16.9 Å². The lowest BCUT2D eigenvalue weighted by atomic mass is 10.0. The molecule has 0 aliphatic heterocycles. The second kappa shape index (κ2) is 12.2. The summed E-state index contributed by atoms with van der Waals surface area (Å²) in [4.78, 5) is 0.470. The van der Waals surface area contributed by atoms with Crippen molar-refractivity contribution >= 4 is 22.2 Å². The van der Waals surface area contributed by atoms with E-state index in [1.807, 2.05) is 6.07 Å². The molecule has 0 amide bonds. The number of ether oxygens (including phenoxy) is 1. The molecule has 0 heterocycles. The Kier molecular flexibility index (Phi) is 9.92. The Morgan fingerprint density at radius 1 is 0.966 bits per heavy atom. The summed E-state index contributed by atoms with van der Waals surface area (Å²) in [6, 6.07) is 11.0. The molecule has 0 aliphatic rings. The van der Waals surface area contributed by atoms with Gasteiger partial charge in [0, 0.05) is 11.0 Å². The summed E-state index contributed by atoms with van der Waals surface area (Å²) in [7, 11) is -4.31. The van der Waals surface area contributed by atoms with Gasteiger partial charge in [0.1, 0.15) is 11.5 Å². The van der Waals surface area contributed by atoms with Crippen LogP contribution in [0.4, 0.5) is 0 Å². The highest BCUT2D eigenvalue weighted by Crippen LogP contribution is 2.32. The van der Waals surface area contributed by atoms with E-state index in [4.69, 9.17) is 14.5 Å². The minimum atomic E-state index is -4.31. The van der Waals surface area contributed by atoms with Crippen LogP contribution in [0.3, 0.4) is 0 Å². The Balaban J connectivity index is 2.07.